The number of benzene rings is 2. The number of aryl methyl sites for hydroxylation is 2. The SMILES string of the molecule is CCC(c1cccc(C(F)(F)F)c1)C(CCc1cnc[nH]1)OC(CCc1cnc[nH]1)C(CC)c1cccc(C(F)(F)F)c1. The van der Waals surface area contributed by atoms with Crippen molar-refractivity contribution in [3.8, 4) is 0 Å². The van der Waals surface area contributed by atoms with Crippen LogP contribution in [-0.2, 0) is 29.9 Å². The summed E-state index contributed by atoms with van der Waals surface area (Å²) in [4.78, 5) is 14.3. The molecular formula is C32H36F6N4O. The second-order valence-corrected chi connectivity index (χ2v) is 10.7. The van der Waals surface area contributed by atoms with Crippen molar-refractivity contribution < 1.29 is 31.1 Å². The summed E-state index contributed by atoms with van der Waals surface area (Å²) >= 11 is 0. The van der Waals surface area contributed by atoms with Crippen LogP contribution in [0.25, 0.3) is 0 Å². The van der Waals surface area contributed by atoms with Crippen LogP contribution in [0.15, 0.2) is 73.6 Å². The largest absolute Gasteiger partial charge is 0.416 e. The lowest BCUT2D eigenvalue weighted by molar-refractivity contribution is -0.138. The first kappa shape index (κ1) is 32.3. The number of nitrogens with one attached hydrogen (secondary N) is 2. The molecule has 0 saturated heterocycles. The molecule has 232 valence electrons. The van der Waals surface area contributed by atoms with Gasteiger partial charge < -0.3 is 14.7 Å². The number of imidazole rings is 2. The van der Waals surface area contributed by atoms with Crippen molar-refractivity contribution in [3.05, 3.63) is 107 Å². The monoisotopic (exact) mass is 606 g/mol. The molecule has 4 rings (SSSR count). The molecule has 5 nitrogen and oxygen atoms in total. The maximum absolute atomic E-state index is 13.6. The molecule has 0 aliphatic carbocycles. The number of halogens is 6. The summed E-state index contributed by atoms with van der Waals surface area (Å²) in [6, 6.07) is 10.6. The number of hydrogen-bond donors (Lipinski definition) is 2. The van der Waals surface area contributed by atoms with E-state index in [1.165, 1.54) is 24.3 Å². The summed E-state index contributed by atoms with van der Waals surface area (Å²) in [5.41, 5.74) is 1.25. The molecule has 4 aromatic rings. The molecule has 0 fully saturated rings. The lowest BCUT2D eigenvalue weighted by Crippen LogP contribution is -2.33. The fourth-order valence-electron chi connectivity index (χ4n) is 5.71. The Morgan fingerprint density at radius 2 is 1.09 bits per heavy atom. The first-order valence-corrected chi connectivity index (χ1v) is 14.4. The number of nitrogens with zero attached hydrogens (tertiary/aromatic N) is 2. The number of rotatable bonds is 14. The first-order valence-electron chi connectivity index (χ1n) is 14.4. The molecule has 0 aliphatic rings. The van der Waals surface area contributed by atoms with Crippen molar-refractivity contribution in [2.24, 2.45) is 0 Å². The minimum Gasteiger partial charge on any atom is -0.374 e. The Labute approximate surface area is 247 Å². The van der Waals surface area contributed by atoms with Crippen LogP contribution in [-0.4, -0.2) is 32.1 Å². The van der Waals surface area contributed by atoms with Gasteiger partial charge in [-0.2, -0.15) is 26.3 Å². The normalized spacial score (nSPS) is 15.3. The summed E-state index contributed by atoms with van der Waals surface area (Å²) in [6.45, 7) is 3.81. The highest BCUT2D eigenvalue weighted by molar-refractivity contribution is 5.31. The van der Waals surface area contributed by atoms with Crippen LogP contribution in [0.2, 0.25) is 0 Å². The number of alkyl halides is 6. The number of ether oxygens (including phenoxy) is 1. The van der Waals surface area contributed by atoms with E-state index in [2.05, 4.69) is 19.9 Å². The second-order valence-electron chi connectivity index (χ2n) is 10.7. The molecule has 0 saturated carbocycles. The van der Waals surface area contributed by atoms with Gasteiger partial charge in [-0.05, 0) is 61.8 Å². The van der Waals surface area contributed by atoms with Gasteiger partial charge in [0.05, 0.1) is 36.0 Å². The van der Waals surface area contributed by atoms with Crippen LogP contribution in [0.3, 0.4) is 0 Å². The molecule has 0 bridgehead atoms. The topological polar surface area (TPSA) is 66.6 Å². The third kappa shape index (κ3) is 8.72. The minimum absolute atomic E-state index is 0.390. The summed E-state index contributed by atoms with van der Waals surface area (Å²) in [5, 5.41) is 0. The van der Waals surface area contributed by atoms with Gasteiger partial charge in [0.1, 0.15) is 0 Å². The van der Waals surface area contributed by atoms with E-state index < -0.39 is 35.7 Å². The van der Waals surface area contributed by atoms with E-state index in [1.54, 1.807) is 37.2 Å². The third-order valence-electron chi connectivity index (χ3n) is 7.92. The number of aromatic nitrogens is 4. The van der Waals surface area contributed by atoms with Gasteiger partial charge in [-0.1, -0.05) is 50.2 Å². The fourth-order valence-corrected chi connectivity index (χ4v) is 5.71. The van der Waals surface area contributed by atoms with Gasteiger partial charge in [0.25, 0.3) is 0 Å². The Balaban J connectivity index is 1.71. The second kappa shape index (κ2) is 14.2. The molecule has 43 heavy (non-hydrogen) atoms. The van der Waals surface area contributed by atoms with E-state index in [1.807, 2.05) is 13.8 Å². The van der Waals surface area contributed by atoms with E-state index in [9.17, 15) is 26.3 Å². The molecule has 4 atom stereocenters. The molecular weight excluding hydrogens is 570 g/mol. The zero-order chi connectivity index (χ0) is 31.0. The van der Waals surface area contributed by atoms with Crippen molar-refractivity contribution >= 4 is 0 Å². The smallest absolute Gasteiger partial charge is 0.374 e. The average Bonchev–Trinajstić information content (AvgIpc) is 3.69. The number of H-pyrrole nitrogens is 2. The summed E-state index contributed by atoms with van der Waals surface area (Å²) < 4.78 is 88.7. The molecule has 11 heteroatoms. The average molecular weight is 607 g/mol. The Kier molecular flexibility index (Phi) is 10.7. The molecule has 2 heterocycles. The van der Waals surface area contributed by atoms with Gasteiger partial charge >= 0.3 is 12.4 Å². The lowest BCUT2D eigenvalue weighted by atomic mass is 9.84. The zero-order valence-corrected chi connectivity index (χ0v) is 24.1. The van der Waals surface area contributed by atoms with Gasteiger partial charge in [-0.3, -0.25) is 0 Å². The predicted octanol–water partition coefficient (Wildman–Crippen LogP) is 8.88. The minimum atomic E-state index is -4.50. The van der Waals surface area contributed by atoms with Crippen molar-refractivity contribution in [1.29, 1.82) is 0 Å². The van der Waals surface area contributed by atoms with E-state index in [0.29, 0.717) is 49.7 Å². The molecule has 2 aromatic heterocycles. The fraction of sp³-hybridized carbons (Fsp3) is 0.438. The van der Waals surface area contributed by atoms with Crippen LogP contribution in [0, 0.1) is 0 Å². The summed E-state index contributed by atoms with van der Waals surface area (Å²) in [5.74, 6) is -0.780. The van der Waals surface area contributed by atoms with Gasteiger partial charge in [0.15, 0.2) is 0 Å². The van der Waals surface area contributed by atoms with Crippen molar-refractivity contribution in [1.82, 2.24) is 19.9 Å². The van der Waals surface area contributed by atoms with Gasteiger partial charge in [0.2, 0.25) is 0 Å². The van der Waals surface area contributed by atoms with Crippen LogP contribution in [0.5, 0.6) is 0 Å². The highest BCUT2D eigenvalue weighted by atomic mass is 19.4. The van der Waals surface area contributed by atoms with Gasteiger partial charge in [0, 0.05) is 35.6 Å². The maximum Gasteiger partial charge on any atom is 0.416 e. The van der Waals surface area contributed by atoms with Crippen LogP contribution in [0.4, 0.5) is 26.3 Å². The van der Waals surface area contributed by atoms with E-state index in [0.717, 1.165) is 23.5 Å². The molecule has 0 radical (unpaired) electrons. The van der Waals surface area contributed by atoms with Crippen LogP contribution < -0.4 is 0 Å². The Bertz CT molecular complexity index is 1280. The van der Waals surface area contributed by atoms with Crippen molar-refractivity contribution in [2.45, 2.75) is 88.8 Å². The summed E-state index contributed by atoms with van der Waals surface area (Å²) in [6.07, 6.45) is -0.530. The number of hydrogen-bond acceptors (Lipinski definition) is 3. The Hall–Kier alpha value is -3.60. The standard InChI is InChI=1S/C32H36F6N4O/c1-3-27(21-7-5-9-23(15-21)31(33,34)35)29(13-11-25-17-39-19-41-25)43-30(14-12-26-18-40-20-42-26)28(4-2)22-8-6-10-24(16-22)32(36,37)38/h5-10,15-20,27-30H,3-4,11-14H2,1-2H3,(H,39,41)(H,40,42). The Morgan fingerprint density at radius 3 is 1.42 bits per heavy atom. The van der Waals surface area contributed by atoms with Crippen LogP contribution in [0.1, 0.15) is 85.0 Å². The maximum atomic E-state index is 13.6. The molecule has 4 unspecified atom stereocenters. The van der Waals surface area contributed by atoms with Gasteiger partial charge in [-0.25, -0.2) is 9.97 Å². The van der Waals surface area contributed by atoms with E-state index >= 15 is 0 Å². The molecule has 0 amide bonds. The number of aromatic amines is 2. The highest BCUT2D eigenvalue weighted by Gasteiger charge is 2.35. The first-order chi connectivity index (χ1) is 20.5. The van der Waals surface area contributed by atoms with E-state index in [4.69, 9.17) is 4.74 Å². The molecule has 0 aliphatic heterocycles. The zero-order valence-electron chi connectivity index (χ0n) is 24.1. The van der Waals surface area contributed by atoms with E-state index in [-0.39, 0.29) is 11.8 Å². The molecule has 0 spiro atoms. The summed E-state index contributed by atoms with van der Waals surface area (Å²) in [7, 11) is 0. The molecule has 2 N–H and O–H groups in total. The van der Waals surface area contributed by atoms with Gasteiger partial charge in [-0.15, -0.1) is 0 Å². The predicted molar refractivity (Wildman–Crippen MR) is 151 cm³/mol. The van der Waals surface area contributed by atoms with Crippen molar-refractivity contribution in [2.75, 3.05) is 0 Å². The van der Waals surface area contributed by atoms with Crippen LogP contribution >= 0.6 is 0 Å². The third-order valence-corrected chi connectivity index (χ3v) is 7.92. The Morgan fingerprint density at radius 1 is 0.674 bits per heavy atom. The van der Waals surface area contributed by atoms with Crippen molar-refractivity contribution in [3.63, 3.8) is 0 Å². The quantitative estimate of drug-likeness (QED) is 0.141. The highest BCUT2D eigenvalue weighted by Crippen LogP contribution is 2.39. The lowest BCUT2D eigenvalue weighted by Gasteiger charge is -2.35. The molecule has 2 aromatic carbocycles.